The van der Waals surface area contributed by atoms with Gasteiger partial charge in [0.1, 0.15) is 23.9 Å². The van der Waals surface area contributed by atoms with Crippen LogP contribution in [-0.2, 0) is 9.53 Å². The fraction of sp³-hybridized carbons (Fsp3) is 0.286. The second kappa shape index (κ2) is 4.74. The van der Waals surface area contributed by atoms with Crippen molar-refractivity contribution < 1.29 is 9.53 Å². The minimum atomic E-state index is -0.280. The average molecular weight is 202 g/mol. The van der Waals surface area contributed by atoms with E-state index in [0.29, 0.717) is 5.82 Å². The van der Waals surface area contributed by atoms with Crippen molar-refractivity contribution >= 4 is 23.3 Å². The smallest absolute Gasteiger partial charge is 0.251 e. The second-order valence-corrected chi connectivity index (χ2v) is 2.59. The summed E-state index contributed by atoms with van der Waals surface area (Å²) in [5.41, 5.74) is 0. The molecule has 1 aromatic heterocycles. The first-order valence-corrected chi connectivity index (χ1v) is 3.86. The molecule has 1 N–H and O–H groups in total. The number of hydrogen-bond donors (Lipinski definition) is 1. The molecule has 0 aromatic carbocycles. The van der Waals surface area contributed by atoms with Crippen LogP contribution in [0.3, 0.4) is 0 Å². The van der Waals surface area contributed by atoms with Crippen molar-refractivity contribution in [2.45, 2.75) is 0 Å². The molecule has 0 unspecified atom stereocenters. The van der Waals surface area contributed by atoms with Crippen molar-refractivity contribution in [2.75, 3.05) is 19.0 Å². The molecule has 0 aliphatic rings. The van der Waals surface area contributed by atoms with E-state index in [-0.39, 0.29) is 17.7 Å². The van der Waals surface area contributed by atoms with Crippen LogP contribution in [0.5, 0.6) is 0 Å². The SMILES string of the molecule is COCC(=O)Nc1cc(Cl)ncn1. The molecule has 70 valence electrons. The minimum absolute atomic E-state index is 0.0123. The molecule has 0 aliphatic carbocycles. The lowest BCUT2D eigenvalue weighted by Gasteiger charge is -2.02. The Morgan fingerprint density at radius 1 is 1.69 bits per heavy atom. The highest BCUT2D eigenvalue weighted by atomic mass is 35.5. The van der Waals surface area contributed by atoms with Gasteiger partial charge in [-0.2, -0.15) is 0 Å². The molecular formula is C7H8ClN3O2. The lowest BCUT2D eigenvalue weighted by Crippen LogP contribution is -2.17. The molecule has 0 saturated carbocycles. The Morgan fingerprint density at radius 2 is 2.46 bits per heavy atom. The molecule has 0 fully saturated rings. The third-order valence-corrected chi connectivity index (χ3v) is 1.38. The summed E-state index contributed by atoms with van der Waals surface area (Å²) in [5, 5.41) is 2.76. The summed E-state index contributed by atoms with van der Waals surface area (Å²) in [6, 6.07) is 1.45. The molecule has 13 heavy (non-hydrogen) atoms. The Kier molecular flexibility index (Phi) is 3.60. The van der Waals surface area contributed by atoms with Crippen LogP contribution in [0.1, 0.15) is 0 Å². The lowest BCUT2D eigenvalue weighted by molar-refractivity contribution is -0.119. The van der Waals surface area contributed by atoms with E-state index < -0.39 is 0 Å². The summed E-state index contributed by atoms with van der Waals surface area (Å²) < 4.78 is 4.62. The van der Waals surface area contributed by atoms with Gasteiger partial charge in [0.2, 0.25) is 0 Å². The topological polar surface area (TPSA) is 64.1 Å². The van der Waals surface area contributed by atoms with Gasteiger partial charge in [0.15, 0.2) is 0 Å². The maximum atomic E-state index is 11.0. The number of ether oxygens (including phenoxy) is 1. The van der Waals surface area contributed by atoms with Crippen molar-refractivity contribution in [3.8, 4) is 0 Å². The normalized spacial score (nSPS) is 9.69. The molecule has 1 heterocycles. The zero-order valence-electron chi connectivity index (χ0n) is 6.95. The van der Waals surface area contributed by atoms with E-state index in [1.165, 1.54) is 19.5 Å². The standard InChI is InChI=1S/C7H8ClN3O2/c1-13-3-7(12)11-6-2-5(8)9-4-10-6/h2,4H,3H2,1H3,(H,9,10,11,12). The van der Waals surface area contributed by atoms with Gasteiger partial charge in [-0.05, 0) is 0 Å². The number of hydrogen-bond acceptors (Lipinski definition) is 4. The van der Waals surface area contributed by atoms with Gasteiger partial charge in [0, 0.05) is 13.2 Å². The van der Waals surface area contributed by atoms with Crippen LogP contribution < -0.4 is 5.32 Å². The van der Waals surface area contributed by atoms with Crippen molar-refractivity contribution in [1.29, 1.82) is 0 Å². The largest absolute Gasteiger partial charge is 0.375 e. The first kappa shape index (κ1) is 9.88. The predicted molar refractivity (Wildman–Crippen MR) is 47.5 cm³/mol. The maximum Gasteiger partial charge on any atom is 0.251 e. The molecule has 0 spiro atoms. The highest BCUT2D eigenvalue weighted by molar-refractivity contribution is 6.29. The fourth-order valence-electron chi connectivity index (χ4n) is 0.712. The molecule has 1 aromatic rings. The predicted octanol–water partition coefficient (Wildman–Crippen LogP) is 0.715. The number of halogens is 1. The number of nitrogens with zero attached hydrogens (tertiary/aromatic N) is 2. The van der Waals surface area contributed by atoms with Crippen LogP contribution in [0.2, 0.25) is 5.15 Å². The molecule has 0 saturated heterocycles. The highest BCUT2D eigenvalue weighted by Gasteiger charge is 2.02. The maximum absolute atomic E-state index is 11.0. The summed E-state index contributed by atoms with van der Waals surface area (Å²) in [6.45, 7) is -0.0123. The number of carbonyl (C=O) groups is 1. The molecule has 1 amide bonds. The van der Waals surface area contributed by atoms with Gasteiger partial charge < -0.3 is 10.1 Å². The van der Waals surface area contributed by atoms with E-state index in [0.717, 1.165) is 0 Å². The van der Waals surface area contributed by atoms with Gasteiger partial charge in [0.05, 0.1) is 0 Å². The van der Waals surface area contributed by atoms with Gasteiger partial charge in [-0.3, -0.25) is 4.79 Å². The Labute approximate surface area is 80.1 Å². The van der Waals surface area contributed by atoms with Crippen molar-refractivity contribution in [3.63, 3.8) is 0 Å². The van der Waals surface area contributed by atoms with Gasteiger partial charge in [-0.1, -0.05) is 11.6 Å². The molecular weight excluding hydrogens is 194 g/mol. The Bertz CT molecular complexity index is 306. The lowest BCUT2D eigenvalue weighted by atomic mass is 10.5. The molecule has 0 radical (unpaired) electrons. The third kappa shape index (κ3) is 3.35. The number of carbonyl (C=O) groups excluding carboxylic acids is 1. The van der Waals surface area contributed by atoms with Crippen LogP contribution in [-0.4, -0.2) is 29.6 Å². The van der Waals surface area contributed by atoms with Gasteiger partial charge >= 0.3 is 0 Å². The Hall–Kier alpha value is -1.20. The van der Waals surface area contributed by atoms with Gasteiger partial charge in [-0.25, -0.2) is 9.97 Å². The second-order valence-electron chi connectivity index (χ2n) is 2.21. The monoisotopic (exact) mass is 201 g/mol. The summed E-state index contributed by atoms with van der Waals surface area (Å²) >= 11 is 5.57. The third-order valence-electron chi connectivity index (χ3n) is 1.18. The van der Waals surface area contributed by atoms with Crippen LogP contribution in [0.4, 0.5) is 5.82 Å². The Balaban J connectivity index is 2.58. The van der Waals surface area contributed by atoms with Crippen LogP contribution in [0, 0.1) is 0 Å². The first-order chi connectivity index (χ1) is 6.22. The van der Waals surface area contributed by atoms with E-state index in [9.17, 15) is 4.79 Å². The summed E-state index contributed by atoms with van der Waals surface area (Å²) in [4.78, 5) is 18.4. The minimum Gasteiger partial charge on any atom is -0.375 e. The average Bonchev–Trinajstić information content (AvgIpc) is 2.04. The van der Waals surface area contributed by atoms with Crippen LogP contribution >= 0.6 is 11.6 Å². The molecule has 0 atom stereocenters. The van der Waals surface area contributed by atoms with E-state index in [4.69, 9.17) is 11.6 Å². The van der Waals surface area contributed by atoms with E-state index >= 15 is 0 Å². The van der Waals surface area contributed by atoms with Gasteiger partial charge in [-0.15, -0.1) is 0 Å². The number of anilines is 1. The molecule has 1 rings (SSSR count). The van der Waals surface area contributed by atoms with Gasteiger partial charge in [0.25, 0.3) is 5.91 Å². The fourth-order valence-corrected chi connectivity index (χ4v) is 0.859. The van der Waals surface area contributed by atoms with Crippen molar-refractivity contribution in [2.24, 2.45) is 0 Å². The van der Waals surface area contributed by atoms with Crippen LogP contribution in [0.15, 0.2) is 12.4 Å². The first-order valence-electron chi connectivity index (χ1n) is 3.48. The number of aromatic nitrogens is 2. The molecule has 6 heteroatoms. The van der Waals surface area contributed by atoms with E-state index in [2.05, 4.69) is 20.0 Å². The number of amides is 1. The van der Waals surface area contributed by atoms with Crippen LogP contribution in [0.25, 0.3) is 0 Å². The van der Waals surface area contributed by atoms with E-state index in [1.807, 2.05) is 0 Å². The van der Waals surface area contributed by atoms with Crippen molar-refractivity contribution in [1.82, 2.24) is 9.97 Å². The molecule has 0 bridgehead atoms. The van der Waals surface area contributed by atoms with Crippen molar-refractivity contribution in [3.05, 3.63) is 17.5 Å². The zero-order chi connectivity index (χ0) is 9.68. The quantitative estimate of drug-likeness (QED) is 0.732. The highest BCUT2D eigenvalue weighted by Crippen LogP contribution is 2.07. The molecule has 0 aliphatic heterocycles. The summed E-state index contributed by atoms with van der Waals surface area (Å²) in [6.07, 6.45) is 1.27. The number of methoxy groups -OCH3 is 1. The van der Waals surface area contributed by atoms with E-state index in [1.54, 1.807) is 0 Å². The summed E-state index contributed by atoms with van der Waals surface area (Å²) in [7, 11) is 1.44. The Morgan fingerprint density at radius 3 is 3.08 bits per heavy atom. The zero-order valence-corrected chi connectivity index (χ0v) is 7.71. The summed E-state index contributed by atoms with van der Waals surface area (Å²) in [5.74, 6) is 0.0827. The number of nitrogens with one attached hydrogen (secondary N) is 1. The molecule has 5 nitrogen and oxygen atoms in total. The number of rotatable bonds is 3.